The minimum absolute atomic E-state index is 0.154. The van der Waals surface area contributed by atoms with Crippen molar-refractivity contribution < 1.29 is 9.59 Å². The first-order chi connectivity index (χ1) is 7.07. The molecular weight excluding hydrogens is 190 g/mol. The molecule has 1 aliphatic heterocycles. The molecule has 0 aliphatic carbocycles. The van der Waals surface area contributed by atoms with Gasteiger partial charge in [-0.25, -0.2) is 0 Å². The second-order valence-electron chi connectivity index (χ2n) is 3.78. The minimum atomic E-state index is -0.166. The number of hydrogen-bond donors (Lipinski definition) is 0. The Bertz CT molecular complexity index is 463. The van der Waals surface area contributed by atoms with Gasteiger partial charge in [0.25, 0.3) is 11.8 Å². The Kier molecular flexibility index (Phi) is 2.11. The van der Waals surface area contributed by atoms with E-state index < -0.39 is 0 Å². The van der Waals surface area contributed by atoms with Crippen LogP contribution in [0.1, 0.15) is 38.8 Å². The summed E-state index contributed by atoms with van der Waals surface area (Å²) >= 11 is 0. The van der Waals surface area contributed by atoms with Crippen LogP contribution in [0.4, 0.5) is 0 Å². The number of nitrogens with zero attached hydrogens (tertiary/aromatic N) is 1. The maximum atomic E-state index is 11.9. The molecule has 15 heavy (non-hydrogen) atoms. The third-order valence-electron chi connectivity index (χ3n) is 2.99. The summed E-state index contributed by atoms with van der Waals surface area (Å²) in [6.07, 6.45) is 0. The van der Waals surface area contributed by atoms with Gasteiger partial charge in [-0.1, -0.05) is 6.07 Å². The number of carbonyl (C=O) groups excluding carboxylic acids is 2. The van der Waals surface area contributed by atoms with Crippen molar-refractivity contribution in [1.82, 2.24) is 4.90 Å². The van der Waals surface area contributed by atoms with Gasteiger partial charge in [-0.3, -0.25) is 14.5 Å². The first-order valence-electron chi connectivity index (χ1n) is 5.04. The molecule has 78 valence electrons. The largest absolute Gasteiger partial charge is 0.275 e. The third kappa shape index (κ3) is 1.19. The highest BCUT2D eigenvalue weighted by Crippen LogP contribution is 2.27. The van der Waals surface area contributed by atoms with Crippen LogP contribution < -0.4 is 0 Å². The number of aryl methyl sites for hydroxylation is 1. The fraction of sp³-hybridized carbons (Fsp3) is 0.333. The van der Waals surface area contributed by atoms with Crippen LogP contribution in [0.5, 0.6) is 0 Å². The van der Waals surface area contributed by atoms with Gasteiger partial charge in [0.15, 0.2) is 0 Å². The standard InChI is InChI=1S/C12H13NO2/c1-4-13-11(14)9-6-5-7(2)8(3)10(9)12(13)15/h5-6H,4H2,1-3H3. The Balaban J connectivity index is 2.68. The van der Waals surface area contributed by atoms with E-state index in [1.54, 1.807) is 6.07 Å². The number of amides is 2. The Morgan fingerprint density at radius 2 is 1.80 bits per heavy atom. The Labute approximate surface area is 88.7 Å². The number of imide groups is 1. The number of hydrogen-bond acceptors (Lipinski definition) is 2. The summed E-state index contributed by atoms with van der Waals surface area (Å²) in [5.41, 5.74) is 3.10. The lowest BCUT2D eigenvalue weighted by Crippen LogP contribution is -2.29. The minimum Gasteiger partial charge on any atom is -0.275 e. The van der Waals surface area contributed by atoms with E-state index in [2.05, 4.69) is 0 Å². The molecule has 3 nitrogen and oxygen atoms in total. The summed E-state index contributed by atoms with van der Waals surface area (Å²) in [5, 5.41) is 0. The van der Waals surface area contributed by atoms with Crippen molar-refractivity contribution in [2.75, 3.05) is 6.54 Å². The normalized spacial score (nSPS) is 14.7. The van der Waals surface area contributed by atoms with Crippen molar-refractivity contribution in [2.24, 2.45) is 0 Å². The lowest BCUT2D eigenvalue weighted by atomic mass is 9.99. The summed E-state index contributed by atoms with van der Waals surface area (Å²) in [4.78, 5) is 25.0. The van der Waals surface area contributed by atoms with E-state index in [0.717, 1.165) is 11.1 Å². The average molecular weight is 203 g/mol. The van der Waals surface area contributed by atoms with Gasteiger partial charge in [0.2, 0.25) is 0 Å². The monoisotopic (exact) mass is 203 g/mol. The second-order valence-corrected chi connectivity index (χ2v) is 3.78. The highest BCUT2D eigenvalue weighted by molar-refractivity contribution is 6.22. The highest BCUT2D eigenvalue weighted by atomic mass is 16.2. The molecule has 0 spiro atoms. The molecule has 0 aromatic heterocycles. The quantitative estimate of drug-likeness (QED) is 0.654. The summed E-state index contributed by atoms with van der Waals surface area (Å²) in [6.45, 7) is 6.08. The summed E-state index contributed by atoms with van der Waals surface area (Å²) in [6, 6.07) is 3.63. The van der Waals surface area contributed by atoms with Crippen LogP contribution >= 0.6 is 0 Å². The maximum absolute atomic E-state index is 11.9. The third-order valence-corrected chi connectivity index (χ3v) is 2.99. The van der Waals surface area contributed by atoms with E-state index in [1.165, 1.54) is 4.90 Å². The number of benzene rings is 1. The van der Waals surface area contributed by atoms with Crippen molar-refractivity contribution in [3.63, 3.8) is 0 Å². The van der Waals surface area contributed by atoms with Crippen LogP contribution in [0.15, 0.2) is 12.1 Å². The fourth-order valence-electron chi connectivity index (χ4n) is 1.93. The zero-order chi connectivity index (χ0) is 11.2. The lowest BCUT2D eigenvalue weighted by Gasteiger charge is -2.09. The molecule has 0 fully saturated rings. The fourth-order valence-corrected chi connectivity index (χ4v) is 1.93. The second kappa shape index (κ2) is 3.19. The molecule has 0 radical (unpaired) electrons. The number of fused-ring (bicyclic) bond motifs is 1. The van der Waals surface area contributed by atoms with Crippen molar-refractivity contribution in [1.29, 1.82) is 0 Å². The molecule has 1 aromatic rings. The molecule has 0 N–H and O–H groups in total. The van der Waals surface area contributed by atoms with E-state index >= 15 is 0 Å². The molecule has 1 aliphatic rings. The highest BCUT2D eigenvalue weighted by Gasteiger charge is 2.35. The van der Waals surface area contributed by atoms with Crippen molar-refractivity contribution in [3.8, 4) is 0 Å². The van der Waals surface area contributed by atoms with E-state index in [9.17, 15) is 9.59 Å². The summed E-state index contributed by atoms with van der Waals surface area (Å²) < 4.78 is 0. The molecule has 1 heterocycles. The zero-order valence-electron chi connectivity index (χ0n) is 9.13. The zero-order valence-corrected chi connectivity index (χ0v) is 9.13. The Hall–Kier alpha value is -1.64. The molecule has 0 unspecified atom stereocenters. The Morgan fingerprint density at radius 1 is 1.13 bits per heavy atom. The molecule has 2 amide bonds. The van der Waals surface area contributed by atoms with E-state index in [-0.39, 0.29) is 11.8 Å². The van der Waals surface area contributed by atoms with Crippen molar-refractivity contribution >= 4 is 11.8 Å². The molecular formula is C12H13NO2. The summed E-state index contributed by atoms with van der Waals surface area (Å²) in [5.74, 6) is -0.320. The van der Waals surface area contributed by atoms with Gasteiger partial charge in [0.05, 0.1) is 11.1 Å². The van der Waals surface area contributed by atoms with Crippen molar-refractivity contribution in [2.45, 2.75) is 20.8 Å². The predicted octanol–water partition coefficient (Wildman–Crippen LogP) is 1.92. The van der Waals surface area contributed by atoms with Gasteiger partial charge in [-0.05, 0) is 38.0 Å². The van der Waals surface area contributed by atoms with Crippen molar-refractivity contribution in [3.05, 3.63) is 34.4 Å². The molecule has 0 bridgehead atoms. The topological polar surface area (TPSA) is 37.4 Å². The molecule has 3 heteroatoms. The van der Waals surface area contributed by atoms with Crippen LogP contribution in [0, 0.1) is 13.8 Å². The van der Waals surface area contributed by atoms with E-state index in [0.29, 0.717) is 17.7 Å². The van der Waals surface area contributed by atoms with Gasteiger partial charge in [0, 0.05) is 6.54 Å². The van der Waals surface area contributed by atoms with Gasteiger partial charge in [-0.2, -0.15) is 0 Å². The predicted molar refractivity (Wildman–Crippen MR) is 57.0 cm³/mol. The lowest BCUT2D eigenvalue weighted by molar-refractivity contribution is 0.0663. The van der Waals surface area contributed by atoms with Gasteiger partial charge >= 0.3 is 0 Å². The van der Waals surface area contributed by atoms with Crippen LogP contribution in [0.25, 0.3) is 0 Å². The van der Waals surface area contributed by atoms with Gasteiger partial charge in [-0.15, -0.1) is 0 Å². The van der Waals surface area contributed by atoms with Crippen LogP contribution in [-0.4, -0.2) is 23.3 Å². The van der Waals surface area contributed by atoms with E-state index in [4.69, 9.17) is 0 Å². The Morgan fingerprint density at radius 3 is 2.40 bits per heavy atom. The van der Waals surface area contributed by atoms with Crippen LogP contribution in [-0.2, 0) is 0 Å². The first-order valence-corrected chi connectivity index (χ1v) is 5.04. The SMILES string of the molecule is CCN1C(=O)c2ccc(C)c(C)c2C1=O. The molecule has 2 rings (SSSR count). The number of carbonyl (C=O) groups is 2. The smallest absolute Gasteiger partial charge is 0.261 e. The first kappa shape index (κ1) is 9.90. The maximum Gasteiger partial charge on any atom is 0.261 e. The van der Waals surface area contributed by atoms with E-state index in [1.807, 2.05) is 26.8 Å². The summed E-state index contributed by atoms with van der Waals surface area (Å²) in [7, 11) is 0. The molecule has 0 saturated carbocycles. The molecule has 0 saturated heterocycles. The van der Waals surface area contributed by atoms with Crippen LogP contribution in [0.2, 0.25) is 0 Å². The van der Waals surface area contributed by atoms with Gasteiger partial charge < -0.3 is 0 Å². The van der Waals surface area contributed by atoms with Gasteiger partial charge in [0.1, 0.15) is 0 Å². The average Bonchev–Trinajstić information content (AvgIpc) is 2.45. The molecule has 1 aromatic carbocycles. The van der Waals surface area contributed by atoms with Crippen LogP contribution in [0.3, 0.4) is 0 Å². The molecule has 0 atom stereocenters. The number of rotatable bonds is 1.